The Morgan fingerprint density at radius 1 is 1.39 bits per heavy atom. The van der Waals surface area contributed by atoms with E-state index in [1.807, 2.05) is 6.92 Å². The largest absolute Gasteiger partial charge is 0.381 e. The third-order valence-corrected chi connectivity index (χ3v) is 3.54. The highest BCUT2D eigenvalue weighted by Crippen LogP contribution is 2.25. The average Bonchev–Trinajstić information content (AvgIpc) is 2.38. The lowest BCUT2D eigenvalue weighted by atomic mass is 9.82. The molecule has 1 saturated heterocycles. The fourth-order valence-corrected chi connectivity index (χ4v) is 2.19. The van der Waals surface area contributed by atoms with E-state index < -0.39 is 0 Å². The molecule has 0 aromatic heterocycles. The first kappa shape index (κ1) is 15.4. The van der Waals surface area contributed by atoms with Gasteiger partial charge in [-0.2, -0.15) is 0 Å². The summed E-state index contributed by atoms with van der Waals surface area (Å²) in [6, 6.07) is 0. The van der Waals surface area contributed by atoms with E-state index in [1.54, 1.807) is 0 Å². The lowest BCUT2D eigenvalue weighted by Gasteiger charge is -2.32. The number of ether oxygens (including phenoxy) is 1. The van der Waals surface area contributed by atoms with E-state index in [2.05, 4.69) is 17.6 Å². The number of piperidine rings is 1. The van der Waals surface area contributed by atoms with E-state index in [4.69, 9.17) is 4.74 Å². The normalized spacial score (nSPS) is 23.9. The molecule has 1 amide bonds. The summed E-state index contributed by atoms with van der Waals surface area (Å²) in [5.41, 5.74) is -0.221. The molecule has 0 radical (unpaired) electrons. The average molecular weight is 256 g/mol. The van der Waals surface area contributed by atoms with Crippen LogP contribution in [-0.2, 0) is 9.53 Å². The van der Waals surface area contributed by atoms with Gasteiger partial charge in [0.15, 0.2) is 0 Å². The van der Waals surface area contributed by atoms with Crippen LogP contribution in [0.15, 0.2) is 0 Å². The second-order valence-corrected chi connectivity index (χ2v) is 5.42. The van der Waals surface area contributed by atoms with Crippen LogP contribution in [0.25, 0.3) is 0 Å². The van der Waals surface area contributed by atoms with Crippen LogP contribution >= 0.6 is 0 Å². The van der Waals surface area contributed by atoms with Gasteiger partial charge in [-0.05, 0) is 39.2 Å². The van der Waals surface area contributed by atoms with Gasteiger partial charge in [-0.1, -0.05) is 13.3 Å². The fourth-order valence-electron chi connectivity index (χ4n) is 2.19. The van der Waals surface area contributed by atoms with Gasteiger partial charge < -0.3 is 15.4 Å². The standard InChI is InChI=1S/C14H28N2O2/c1-3-4-10-18-11-6-9-16-13(17)14(2)7-5-8-15-12-14/h15H,3-12H2,1-2H3,(H,16,17). The molecule has 1 aliphatic rings. The smallest absolute Gasteiger partial charge is 0.227 e. The van der Waals surface area contributed by atoms with E-state index in [0.717, 1.165) is 58.5 Å². The van der Waals surface area contributed by atoms with Gasteiger partial charge in [0.05, 0.1) is 5.41 Å². The summed E-state index contributed by atoms with van der Waals surface area (Å²) in [6.07, 6.45) is 5.26. The molecule has 1 fully saturated rings. The van der Waals surface area contributed by atoms with Gasteiger partial charge in [0.25, 0.3) is 0 Å². The molecule has 0 aliphatic carbocycles. The van der Waals surface area contributed by atoms with Gasteiger partial charge in [-0.25, -0.2) is 0 Å². The number of amides is 1. The molecule has 0 aromatic carbocycles. The molecule has 0 bridgehead atoms. The van der Waals surface area contributed by atoms with Crippen LogP contribution in [0, 0.1) is 5.41 Å². The number of hydrogen-bond donors (Lipinski definition) is 2. The minimum atomic E-state index is -0.221. The molecule has 106 valence electrons. The maximum Gasteiger partial charge on any atom is 0.227 e. The van der Waals surface area contributed by atoms with Crippen molar-refractivity contribution in [3.8, 4) is 0 Å². The van der Waals surface area contributed by atoms with Gasteiger partial charge in [-0.15, -0.1) is 0 Å². The van der Waals surface area contributed by atoms with Crippen molar-refractivity contribution in [2.45, 2.75) is 46.0 Å². The molecule has 2 N–H and O–H groups in total. The lowest BCUT2D eigenvalue weighted by molar-refractivity contribution is -0.131. The monoisotopic (exact) mass is 256 g/mol. The van der Waals surface area contributed by atoms with Crippen LogP contribution in [0.5, 0.6) is 0 Å². The Bertz CT molecular complexity index is 238. The molecule has 0 spiro atoms. The van der Waals surface area contributed by atoms with E-state index >= 15 is 0 Å². The molecule has 0 aromatic rings. The zero-order chi connectivity index (χ0) is 13.3. The maximum atomic E-state index is 12.1. The summed E-state index contributed by atoms with van der Waals surface area (Å²) in [7, 11) is 0. The lowest BCUT2D eigenvalue weighted by Crippen LogP contribution is -2.48. The molecule has 1 unspecified atom stereocenters. The molecular formula is C14H28N2O2. The highest BCUT2D eigenvalue weighted by molar-refractivity contribution is 5.82. The number of nitrogens with one attached hydrogen (secondary N) is 2. The zero-order valence-corrected chi connectivity index (χ0v) is 11.9. The first-order chi connectivity index (χ1) is 8.69. The van der Waals surface area contributed by atoms with Crippen molar-refractivity contribution in [1.82, 2.24) is 10.6 Å². The van der Waals surface area contributed by atoms with Gasteiger partial charge in [0, 0.05) is 26.3 Å². The summed E-state index contributed by atoms with van der Waals surface area (Å²) in [4.78, 5) is 12.1. The summed E-state index contributed by atoms with van der Waals surface area (Å²) in [5.74, 6) is 0.184. The fraction of sp³-hybridized carbons (Fsp3) is 0.929. The Hall–Kier alpha value is -0.610. The second-order valence-electron chi connectivity index (χ2n) is 5.42. The Kier molecular flexibility index (Phi) is 7.28. The summed E-state index contributed by atoms with van der Waals surface area (Å²) in [5, 5.41) is 6.32. The number of unbranched alkanes of at least 4 members (excludes halogenated alkanes) is 1. The third kappa shape index (κ3) is 5.36. The predicted octanol–water partition coefficient (Wildman–Crippen LogP) is 1.70. The molecular weight excluding hydrogens is 228 g/mol. The Morgan fingerprint density at radius 3 is 2.83 bits per heavy atom. The minimum Gasteiger partial charge on any atom is -0.381 e. The minimum absolute atomic E-state index is 0.184. The summed E-state index contributed by atoms with van der Waals surface area (Å²) < 4.78 is 5.46. The number of rotatable bonds is 8. The molecule has 1 aliphatic heterocycles. The predicted molar refractivity (Wildman–Crippen MR) is 73.6 cm³/mol. The van der Waals surface area contributed by atoms with E-state index in [0.29, 0.717) is 0 Å². The highest BCUT2D eigenvalue weighted by Gasteiger charge is 2.34. The van der Waals surface area contributed by atoms with Gasteiger partial charge in [0.1, 0.15) is 0 Å². The maximum absolute atomic E-state index is 12.1. The van der Waals surface area contributed by atoms with Crippen molar-refractivity contribution in [1.29, 1.82) is 0 Å². The molecule has 1 heterocycles. The zero-order valence-electron chi connectivity index (χ0n) is 11.9. The number of carbonyl (C=O) groups excluding carboxylic acids is 1. The van der Waals surface area contributed by atoms with Crippen LogP contribution in [0.4, 0.5) is 0 Å². The first-order valence-corrected chi connectivity index (χ1v) is 7.26. The summed E-state index contributed by atoms with van der Waals surface area (Å²) in [6.45, 7) is 8.34. The van der Waals surface area contributed by atoms with Crippen LogP contribution < -0.4 is 10.6 Å². The van der Waals surface area contributed by atoms with E-state index in [1.165, 1.54) is 6.42 Å². The number of hydrogen-bond acceptors (Lipinski definition) is 3. The molecule has 18 heavy (non-hydrogen) atoms. The Morgan fingerprint density at radius 2 is 2.17 bits per heavy atom. The van der Waals surface area contributed by atoms with Crippen LogP contribution in [0.3, 0.4) is 0 Å². The van der Waals surface area contributed by atoms with Gasteiger partial charge in [0.2, 0.25) is 5.91 Å². The SMILES string of the molecule is CCCCOCCCNC(=O)C1(C)CCCNC1. The van der Waals surface area contributed by atoms with Crippen LogP contribution in [-0.4, -0.2) is 38.8 Å². The summed E-state index contributed by atoms with van der Waals surface area (Å²) >= 11 is 0. The second kappa shape index (κ2) is 8.48. The van der Waals surface area contributed by atoms with Crippen molar-refractivity contribution >= 4 is 5.91 Å². The highest BCUT2D eigenvalue weighted by atomic mass is 16.5. The molecule has 4 nitrogen and oxygen atoms in total. The molecule has 0 saturated carbocycles. The third-order valence-electron chi connectivity index (χ3n) is 3.54. The van der Waals surface area contributed by atoms with Crippen LogP contribution in [0.2, 0.25) is 0 Å². The van der Waals surface area contributed by atoms with Crippen LogP contribution in [0.1, 0.15) is 46.0 Å². The molecule has 1 rings (SSSR count). The molecule has 4 heteroatoms. The van der Waals surface area contributed by atoms with E-state index in [-0.39, 0.29) is 11.3 Å². The quantitative estimate of drug-likeness (QED) is 0.650. The van der Waals surface area contributed by atoms with Crippen molar-refractivity contribution in [3.63, 3.8) is 0 Å². The van der Waals surface area contributed by atoms with Crippen molar-refractivity contribution < 1.29 is 9.53 Å². The van der Waals surface area contributed by atoms with Crippen molar-refractivity contribution in [2.75, 3.05) is 32.8 Å². The van der Waals surface area contributed by atoms with Crippen molar-refractivity contribution in [3.05, 3.63) is 0 Å². The van der Waals surface area contributed by atoms with Gasteiger partial charge >= 0.3 is 0 Å². The first-order valence-electron chi connectivity index (χ1n) is 7.26. The van der Waals surface area contributed by atoms with Gasteiger partial charge in [-0.3, -0.25) is 4.79 Å². The number of carbonyl (C=O) groups is 1. The Balaban J connectivity index is 2.05. The van der Waals surface area contributed by atoms with Crippen molar-refractivity contribution in [2.24, 2.45) is 5.41 Å². The topological polar surface area (TPSA) is 50.4 Å². The van der Waals surface area contributed by atoms with E-state index in [9.17, 15) is 4.79 Å². The molecule has 1 atom stereocenters. The Labute approximate surface area is 111 Å².